The quantitative estimate of drug-likeness (QED) is 0.797. The van der Waals surface area contributed by atoms with Gasteiger partial charge in [-0.05, 0) is 24.8 Å². The molecule has 1 aliphatic heterocycles. The Morgan fingerprint density at radius 1 is 1.80 bits per heavy atom. The van der Waals surface area contributed by atoms with Crippen molar-refractivity contribution in [1.29, 1.82) is 0 Å². The molecule has 2 rings (SSSR count). The van der Waals surface area contributed by atoms with Gasteiger partial charge in [-0.15, -0.1) is 0 Å². The third-order valence-electron chi connectivity index (χ3n) is 2.67. The van der Waals surface area contributed by atoms with Crippen molar-refractivity contribution in [3.8, 4) is 0 Å². The van der Waals surface area contributed by atoms with Crippen LogP contribution in [0.25, 0.3) is 0 Å². The van der Waals surface area contributed by atoms with Gasteiger partial charge in [0.15, 0.2) is 0 Å². The summed E-state index contributed by atoms with van der Waals surface area (Å²) >= 11 is 0. The van der Waals surface area contributed by atoms with Crippen LogP contribution < -0.4 is 0 Å². The SMILES string of the molecule is Cn1nc(CC2CCOC2)cc1C(=O)O. The van der Waals surface area contributed by atoms with Gasteiger partial charge in [0.25, 0.3) is 0 Å². The van der Waals surface area contributed by atoms with Crippen LogP contribution in [-0.2, 0) is 18.2 Å². The zero-order chi connectivity index (χ0) is 10.8. The van der Waals surface area contributed by atoms with Gasteiger partial charge in [-0.3, -0.25) is 4.68 Å². The molecule has 0 aromatic carbocycles. The van der Waals surface area contributed by atoms with Gasteiger partial charge < -0.3 is 9.84 Å². The van der Waals surface area contributed by atoms with E-state index < -0.39 is 5.97 Å². The van der Waals surface area contributed by atoms with Gasteiger partial charge in [0.05, 0.1) is 5.69 Å². The van der Waals surface area contributed by atoms with Crippen molar-refractivity contribution in [3.63, 3.8) is 0 Å². The highest BCUT2D eigenvalue weighted by Crippen LogP contribution is 2.17. The third kappa shape index (κ3) is 2.18. The molecule has 1 aromatic heterocycles. The molecular formula is C10H14N2O3. The van der Waals surface area contributed by atoms with E-state index in [-0.39, 0.29) is 5.69 Å². The lowest BCUT2D eigenvalue weighted by molar-refractivity contribution is 0.0685. The molecule has 0 amide bonds. The molecule has 0 radical (unpaired) electrons. The fraction of sp³-hybridized carbons (Fsp3) is 0.600. The van der Waals surface area contributed by atoms with Crippen LogP contribution in [0, 0.1) is 5.92 Å². The topological polar surface area (TPSA) is 64.4 Å². The summed E-state index contributed by atoms with van der Waals surface area (Å²) < 4.78 is 6.67. The summed E-state index contributed by atoms with van der Waals surface area (Å²) in [5, 5.41) is 13.0. The number of hydrogen-bond acceptors (Lipinski definition) is 3. The Kier molecular flexibility index (Phi) is 2.73. The summed E-state index contributed by atoms with van der Waals surface area (Å²) in [6.45, 7) is 1.57. The van der Waals surface area contributed by atoms with Crippen molar-refractivity contribution in [3.05, 3.63) is 17.5 Å². The monoisotopic (exact) mass is 210 g/mol. The molecule has 0 saturated carbocycles. The Hall–Kier alpha value is -1.36. The summed E-state index contributed by atoms with van der Waals surface area (Å²) in [5.41, 5.74) is 1.08. The van der Waals surface area contributed by atoms with Gasteiger partial charge in [0, 0.05) is 20.3 Å². The number of aromatic nitrogens is 2. The first-order valence-electron chi connectivity index (χ1n) is 5.01. The van der Waals surface area contributed by atoms with E-state index in [1.807, 2.05) is 0 Å². The molecule has 0 bridgehead atoms. The average Bonchev–Trinajstić information content (AvgIpc) is 2.75. The molecule has 5 nitrogen and oxygen atoms in total. The first-order valence-corrected chi connectivity index (χ1v) is 5.01. The van der Waals surface area contributed by atoms with Crippen molar-refractivity contribution >= 4 is 5.97 Å². The molecule has 5 heteroatoms. The molecule has 2 heterocycles. The minimum atomic E-state index is -0.932. The van der Waals surface area contributed by atoms with Crippen LogP contribution in [0.3, 0.4) is 0 Å². The highest BCUT2D eigenvalue weighted by Gasteiger charge is 2.19. The zero-order valence-electron chi connectivity index (χ0n) is 8.64. The average molecular weight is 210 g/mol. The van der Waals surface area contributed by atoms with Crippen LogP contribution >= 0.6 is 0 Å². The molecule has 0 spiro atoms. The predicted molar refractivity (Wildman–Crippen MR) is 52.8 cm³/mol. The van der Waals surface area contributed by atoms with Gasteiger partial charge >= 0.3 is 5.97 Å². The van der Waals surface area contributed by atoms with Crippen LogP contribution in [-0.4, -0.2) is 34.1 Å². The molecule has 1 aliphatic rings. The van der Waals surface area contributed by atoms with E-state index in [2.05, 4.69) is 5.10 Å². The number of nitrogens with zero attached hydrogens (tertiary/aromatic N) is 2. The minimum Gasteiger partial charge on any atom is -0.477 e. The lowest BCUT2D eigenvalue weighted by Crippen LogP contribution is -2.05. The highest BCUT2D eigenvalue weighted by molar-refractivity contribution is 5.85. The number of aryl methyl sites for hydroxylation is 1. The third-order valence-corrected chi connectivity index (χ3v) is 2.67. The Balaban J connectivity index is 2.08. The molecule has 1 unspecified atom stereocenters. The summed E-state index contributed by atoms with van der Waals surface area (Å²) in [6.07, 6.45) is 1.85. The summed E-state index contributed by atoms with van der Waals surface area (Å²) in [5.74, 6) is -0.444. The first-order chi connectivity index (χ1) is 7.16. The number of rotatable bonds is 3. The minimum absolute atomic E-state index is 0.240. The van der Waals surface area contributed by atoms with Gasteiger partial charge in [-0.1, -0.05) is 0 Å². The highest BCUT2D eigenvalue weighted by atomic mass is 16.5. The maximum Gasteiger partial charge on any atom is 0.354 e. The zero-order valence-corrected chi connectivity index (χ0v) is 8.64. The van der Waals surface area contributed by atoms with Crippen molar-refractivity contribution < 1.29 is 14.6 Å². The van der Waals surface area contributed by atoms with Crippen molar-refractivity contribution in [2.45, 2.75) is 12.8 Å². The van der Waals surface area contributed by atoms with E-state index in [0.29, 0.717) is 5.92 Å². The number of carboxylic acid groups (broad SMARTS) is 1. The fourth-order valence-corrected chi connectivity index (χ4v) is 1.87. The smallest absolute Gasteiger partial charge is 0.354 e. The maximum atomic E-state index is 10.8. The van der Waals surface area contributed by atoms with E-state index in [4.69, 9.17) is 9.84 Å². The number of aromatic carboxylic acids is 1. The fourth-order valence-electron chi connectivity index (χ4n) is 1.87. The van der Waals surface area contributed by atoms with Crippen LogP contribution in [0.5, 0.6) is 0 Å². The number of carbonyl (C=O) groups is 1. The lowest BCUT2D eigenvalue weighted by atomic mass is 10.0. The lowest BCUT2D eigenvalue weighted by Gasteiger charge is -2.02. The number of ether oxygens (including phenoxy) is 1. The second-order valence-corrected chi connectivity index (χ2v) is 3.88. The Labute approximate surface area is 87.7 Å². The summed E-state index contributed by atoms with van der Waals surface area (Å²) in [6, 6.07) is 1.64. The van der Waals surface area contributed by atoms with E-state index in [9.17, 15) is 4.79 Å². The van der Waals surface area contributed by atoms with Crippen molar-refractivity contribution in [1.82, 2.24) is 9.78 Å². The number of hydrogen-bond donors (Lipinski definition) is 1. The first kappa shape index (κ1) is 10.2. The summed E-state index contributed by atoms with van der Waals surface area (Å²) in [7, 11) is 1.65. The van der Waals surface area contributed by atoms with E-state index in [1.165, 1.54) is 4.68 Å². The van der Waals surface area contributed by atoms with Gasteiger partial charge in [-0.25, -0.2) is 4.79 Å². The molecule has 15 heavy (non-hydrogen) atoms. The Morgan fingerprint density at radius 2 is 2.60 bits per heavy atom. The molecule has 1 saturated heterocycles. The largest absolute Gasteiger partial charge is 0.477 e. The van der Waals surface area contributed by atoms with Gasteiger partial charge in [0.2, 0.25) is 0 Å². The predicted octanol–water partition coefficient (Wildman–Crippen LogP) is 0.697. The second kappa shape index (κ2) is 4.02. The Morgan fingerprint density at radius 3 is 3.13 bits per heavy atom. The Bertz CT molecular complexity index is 367. The molecule has 1 N–H and O–H groups in total. The van der Waals surface area contributed by atoms with E-state index in [1.54, 1.807) is 13.1 Å². The van der Waals surface area contributed by atoms with Crippen LogP contribution in [0.4, 0.5) is 0 Å². The standard InChI is InChI=1S/C10H14N2O3/c1-12-9(10(13)14)5-8(11-12)4-7-2-3-15-6-7/h5,7H,2-4,6H2,1H3,(H,13,14). The molecule has 1 fully saturated rings. The van der Waals surface area contributed by atoms with Crippen molar-refractivity contribution in [2.75, 3.05) is 13.2 Å². The van der Waals surface area contributed by atoms with E-state index >= 15 is 0 Å². The number of carboxylic acids is 1. The van der Waals surface area contributed by atoms with Gasteiger partial charge in [0.1, 0.15) is 5.69 Å². The van der Waals surface area contributed by atoms with Crippen LogP contribution in [0.2, 0.25) is 0 Å². The maximum absolute atomic E-state index is 10.8. The summed E-state index contributed by atoms with van der Waals surface area (Å²) in [4.78, 5) is 10.8. The van der Waals surface area contributed by atoms with E-state index in [0.717, 1.165) is 31.7 Å². The molecule has 1 aromatic rings. The molecule has 82 valence electrons. The molecule has 1 atom stereocenters. The van der Waals surface area contributed by atoms with Crippen LogP contribution in [0.1, 0.15) is 22.6 Å². The van der Waals surface area contributed by atoms with Crippen LogP contribution in [0.15, 0.2) is 6.07 Å². The van der Waals surface area contributed by atoms with Gasteiger partial charge in [-0.2, -0.15) is 5.10 Å². The molecular weight excluding hydrogens is 196 g/mol. The normalized spacial score (nSPS) is 20.7. The van der Waals surface area contributed by atoms with Crippen molar-refractivity contribution in [2.24, 2.45) is 13.0 Å². The second-order valence-electron chi connectivity index (χ2n) is 3.88. The molecule has 0 aliphatic carbocycles.